The second kappa shape index (κ2) is 18.5. The Kier molecular flexibility index (Phi) is 24.0. The SMILES string of the molecule is CCCCC(CC)CNCC(CC)CCCC.Cl.Cl. The smallest absolute Gasteiger partial charge is 0.00205 e. The van der Waals surface area contributed by atoms with Gasteiger partial charge in [0.1, 0.15) is 0 Å². The molecule has 2 unspecified atom stereocenters. The second-order valence-corrected chi connectivity index (χ2v) is 5.49. The zero-order valence-electron chi connectivity index (χ0n) is 13.5. The van der Waals surface area contributed by atoms with Gasteiger partial charge in [-0.05, 0) is 37.8 Å². The minimum Gasteiger partial charge on any atom is -0.316 e. The van der Waals surface area contributed by atoms with Crippen molar-refractivity contribution in [1.29, 1.82) is 0 Å². The molecule has 19 heavy (non-hydrogen) atoms. The van der Waals surface area contributed by atoms with Crippen LogP contribution in [0.3, 0.4) is 0 Å². The monoisotopic (exact) mass is 313 g/mol. The summed E-state index contributed by atoms with van der Waals surface area (Å²) in [4.78, 5) is 0. The van der Waals surface area contributed by atoms with Crippen molar-refractivity contribution in [2.24, 2.45) is 11.8 Å². The van der Waals surface area contributed by atoms with Crippen LogP contribution in [0.15, 0.2) is 0 Å². The molecule has 0 aromatic heterocycles. The van der Waals surface area contributed by atoms with E-state index in [1.54, 1.807) is 0 Å². The molecule has 0 saturated carbocycles. The quantitative estimate of drug-likeness (QED) is 0.476. The molecule has 0 fully saturated rings. The first-order valence-corrected chi connectivity index (χ1v) is 7.99. The van der Waals surface area contributed by atoms with E-state index in [-0.39, 0.29) is 24.8 Å². The van der Waals surface area contributed by atoms with E-state index in [1.807, 2.05) is 0 Å². The standard InChI is InChI=1S/C16H35N.2ClH/c1-5-9-11-15(7-3)13-17-14-16(8-4)12-10-6-2;;/h15-17H,5-14H2,1-4H3;2*1H. The normalized spacial score (nSPS) is 13.3. The number of hydrogen-bond acceptors (Lipinski definition) is 1. The van der Waals surface area contributed by atoms with Crippen LogP contribution in [0, 0.1) is 11.8 Å². The molecule has 0 aliphatic rings. The summed E-state index contributed by atoms with van der Waals surface area (Å²) in [6.45, 7) is 11.7. The first-order chi connectivity index (χ1) is 8.28. The van der Waals surface area contributed by atoms with Crippen LogP contribution in [-0.2, 0) is 0 Å². The summed E-state index contributed by atoms with van der Waals surface area (Å²) in [5.41, 5.74) is 0. The summed E-state index contributed by atoms with van der Waals surface area (Å²) in [6, 6.07) is 0. The van der Waals surface area contributed by atoms with Crippen LogP contribution in [0.2, 0.25) is 0 Å². The Labute approximate surface area is 134 Å². The molecule has 0 aromatic rings. The van der Waals surface area contributed by atoms with Crippen molar-refractivity contribution >= 4 is 24.8 Å². The molecule has 0 saturated heterocycles. The molecule has 0 aliphatic heterocycles. The number of halogens is 2. The van der Waals surface area contributed by atoms with Gasteiger partial charge in [-0.1, -0.05) is 66.2 Å². The van der Waals surface area contributed by atoms with Gasteiger partial charge in [0.2, 0.25) is 0 Å². The van der Waals surface area contributed by atoms with Crippen molar-refractivity contribution in [3.8, 4) is 0 Å². The first-order valence-electron chi connectivity index (χ1n) is 7.99. The van der Waals surface area contributed by atoms with E-state index >= 15 is 0 Å². The van der Waals surface area contributed by atoms with Crippen molar-refractivity contribution in [1.82, 2.24) is 5.32 Å². The van der Waals surface area contributed by atoms with Crippen molar-refractivity contribution in [3.63, 3.8) is 0 Å². The Hall–Kier alpha value is 0.540. The van der Waals surface area contributed by atoms with Crippen LogP contribution in [0.25, 0.3) is 0 Å². The molecule has 1 N–H and O–H groups in total. The minimum absolute atomic E-state index is 0. The number of hydrogen-bond donors (Lipinski definition) is 1. The Morgan fingerprint density at radius 3 is 1.32 bits per heavy atom. The summed E-state index contributed by atoms with van der Waals surface area (Å²) < 4.78 is 0. The highest BCUT2D eigenvalue weighted by Crippen LogP contribution is 2.13. The van der Waals surface area contributed by atoms with Crippen LogP contribution in [0.4, 0.5) is 0 Å². The van der Waals surface area contributed by atoms with Crippen molar-refractivity contribution in [3.05, 3.63) is 0 Å². The maximum atomic E-state index is 3.71. The number of rotatable bonds is 12. The molecule has 0 amide bonds. The van der Waals surface area contributed by atoms with E-state index < -0.39 is 0 Å². The summed E-state index contributed by atoms with van der Waals surface area (Å²) in [5.74, 6) is 1.80. The zero-order chi connectivity index (χ0) is 12.9. The minimum atomic E-state index is 0. The molecular formula is C16H37Cl2N. The lowest BCUT2D eigenvalue weighted by Crippen LogP contribution is -2.28. The van der Waals surface area contributed by atoms with Crippen LogP contribution < -0.4 is 5.32 Å². The molecule has 0 rings (SSSR count). The fourth-order valence-corrected chi connectivity index (χ4v) is 2.38. The predicted molar refractivity (Wildman–Crippen MR) is 94.0 cm³/mol. The zero-order valence-corrected chi connectivity index (χ0v) is 15.2. The van der Waals surface area contributed by atoms with Crippen LogP contribution in [-0.4, -0.2) is 13.1 Å². The molecule has 0 aromatic carbocycles. The van der Waals surface area contributed by atoms with Gasteiger partial charge < -0.3 is 5.32 Å². The van der Waals surface area contributed by atoms with Crippen LogP contribution in [0.1, 0.15) is 79.1 Å². The van der Waals surface area contributed by atoms with Gasteiger partial charge in [-0.2, -0.15) is 0 Å². The average molecular weight is 314 g/mol. The van der Waals surface area contributed by atoms with Crippen molar-refractivity contribution in [2.45, 2.75) is 79.1 Å². The molecule has 1 nitrogen and oxygen atoms in total. The highest BCUT2D eigenvalue weighted by Gasteiger charge is 2.08. The molecule has 0 spiro atoms. The predicted octanol–water partition coefficient (Wildman–Crippen LogP) is 5.85. The highest BCUT2D eigenvalue weighted by molar-refractivity contribution is 5.85. The van der Waals surface area contributed by atoms with Gasteiger partial charge in [0.15, 0.2) is 0 Å². The van der Waals surface area contributed by atoms with Gasteiger partial charge in [-0.15, -0.1) is 24.8 Å². The Bertz CT molecular complexity index is 138. The maximum Gasteiger partial charge on any atom is -0.00205 e. The molecule has 0 aliphatic carbocycles. The van der Waals surface area contributed by atoms with Crippen molar-refractivity contribution in [2.75, 3.05) is 13.1 Å². The van der Waals surface area contributed by atoms with Gasteiger partial charge in [-0.3, -0.25) is 0 Å². The molecule has 0 bridgehead atoms. The van der Waals surface area contributed by atoms with Crippen molar-refractivity contribution < 1.29 is 0 Å². The van der Waals surface area contributed by atoms with E-state index in [4.69, 9.17) is 0 Å². The van der Waals surface area contributed by atoms with Gasteiger partial charge in [0, 0.05) is 0 Å². The topological polar surface area (TPSA) is 12.0 Å². The molecule has 120 valence electrons. The molecule has 2 atom stereocenters. The van der Waals surface area contributed by atoms with E-state index in [0.717, 1.165) is 11.8 Å². The maximum absolute atomic E-state index is 3.71. The summed E-state index contributed by atoms with van der Waals surface area (Å²) in [5, 5.41) is 3.71. The second-order valence-electron chi connectivity index (χ2n) is 5.49. The summed E-state index contributed by atoms with van der Waals surface area (Å²) in [6.07, 6.45) is 10.9. The molecule has 0 heterocycles. The fourth-order valence-electron chi connectivity index (χ4n) is 2.38. The fraction of sp³-hybridized carbons (Fsp3) is 1.00. The summed E-state index contributed by atoms with van der Waals surface area (Å²) >= 11 is 0. The van der Waals surface area contributed by atoms with E-state index in [0.29, 0.717) is 0 Å². The van der Waals surface area contributed by atoms with E-state index in [9.17, 15) is 0 Å². The van der Waals surface area contributed by atoms with Gasteiger partial charge in [-0.25, -0.2) is 0 Å². The third kappa shape index (κ3) is 14.8. The molecule has 3 heteroatoms. The summed E-state index contributed by atoms with van der Waals surface area (Å²) in [7, 11) is 0. The Morgan fingerprint density at radius 1 is 0.684 bits per heavy atom. The third-order valence-electron chi connectivity index (χ3n) is 3.95. The van der Waals surface area contributed by atoms with Crippen LogP contribution in [0.5, 0.6) is 0 Å². The lowest BCUT2D eigenvalue weighted by atomic mass is 9.97. The van der Waals surface area contributed by atoms with E-state index in [1.165, 1.54) is 64.5 Å². The van der Waals surface area contributed by atoms with Gasteiger partial charge >= 0.3 is 0 Å². The molecular weight excluding hydrogens is 277 g/mol. The lowest BCUT2D eigenvalue weighted by Gasteiger charge is -2.19. The third-order valence-corrected chi connectivity index (χ3v) is 3.95. The van der Waals surface area contributed by atoms with Crippen LogP contribution >= 0.6 is 24.8 Å². The van der Waals surface area contributed by atoms with E-state index in [2.05, 4.69) is 33.0 Å². The first kappa shape index (κ1) is 24.6. The average Bonchev–Trinajstić information content (AvgIpc) is 2.37. The van der Waals surface area contributed by atoms with Gasteiger partial charge in [0.05, 0.1) is 0 Å². The lowest BCUT2D eigenvalue weighted by molar-refractivity contribution is 0.372. The largest absolute Gasteiger partial charge is 0.316 e. The Morgan fingerprint density at radius 2 is 1.05 bits per heavy atom. The highest BCUT2D eigenvalue weighted by atomic mass is 35.5. The number of nitrogens with one attached hydrogen (secondary N) is 1. The van der Waals surface area contributed by atoms with Gasteiger partial charge in [0.25, 0.3) is 0 Å². The Balaban J connectivity index is -0.00000128. The molecule has 0 radical (unpaired) electrons. The number of unbranched alkanes of at least 4 members (excludes halogenated alkanes) is 2.